The summed E-state index contributed by atoms with van der Waals surface area (Å²) >= 11 is 0. The molecule has 0 saturated carbocycles. The fraction of sp³-hybridized carbons (Fsp3) is 0.241. The van der Waals surface area contributed by atoms with E-state index in [1.807, 2.05) is 30.3 Å². The number of esters is 1. The first kappa shape index (κ1) is 24.1. The van der Waals surface area contributed by atoms with Gasteiger partial charge in [0.05, 0.1) is 12.5 Å². The highest BCUT2D eigenvalue weighted by Crippen LogP contribution is 2.44. The van der Waals surface area contributed by atoms with Gasteiger partial charge in [-0.3, -0.25) is 0 Å². The lowest BCUT2D eigenvalue weighted by atomic mass is 9.83. The van der Waals surface area contributed by atoms with Crippen molar-refractivity contribution in [3.8, 4) is 34.8 Å². The van der Waals surface area contributed by atoms with Crippen molar-refractivity contribution in [1.82, 2.24) is 0 Å². The molecule has 3 aromatic carbocycles. The summed E-state index contributed by atoms with van der Waals surface area (Å²) in [4.78, 5) is 12.8. The Morgan fingerprint density at radius 1 is 1.05 bits per heavy atom. The van der Waals surface area contributed by atoms with Crippen LogP contribution in [0.25, 0.3) is 0 Å². The number of nitriles is 1. The fourth-order valence-electron chi connectivity index (χ4n) is 4.28. The quantitative estimate of drug-likeness (QED) is 0.280. The first-order chi connectivity index (χ1) is 18.1. The average molecular weight is 499 g/mol. The Kier molecular flexibility index (Phi) is 6.86. The van der Waals surface area contributed by atoms with E-state index in [-0.39, 0.29) is 18.2 Å². The molecule has 37 heavy (non-hydrogen) atoms. The molecule has 3 aromatic rings. The Balaban J connectivity index is 1.38. The van der Waals surface area contributed by atoms with Crippen LogP contribution in [0, 0.1) is 11.3 Å². The van der Waals surface area contributed by atoms with Crippen LogP contribution in [0.1, 0.15) is 36.8 Å². The van der Waals surface area contributed by atoms with Crippen LogP contribution in [0.3, 0.4) is 0 Å². The topological polar surface area (TPSA) is 113 Å². The first-order valence-corrected chi connectivity index (χ1v) is 12.1. The summed E-state index contributed by atoms with van der Waals surface area (Å²) in [6.45, 7) is 2.76. The van der Waals surface area contributed by atoms with Crippen LogP contribution in [-0.2, 0) is 4.79 Å². The molecule has 0 amide bonds. The lowest BCUT2D eigenvalue weighted by Gasteiger charge is -2.27. The monoisotopic (exact) mass is 498 g/mol. The van der Waals surface area contributed by atoms with Crippen LogP contribution >= 0.6 is 0 Å². The number of nitrogens with zero attached hydrogens (tertiary/aromatic N) is 1. The minimum atomic E-state index is -0.912. The Labute approximate surface area is 214 Å². The minimum Gasteiger partial charge on any atom is -0.494 e. The molecule has 0 radical (unpaired) electrons. The summed E-state index contributed by atoms with van der Waals surface area (Å²) in [5, 5.41) is 9.85. The second-order valence-electron chi connectivity index (χ2n) is 8.68. The van der Waals surface area contributed by atoms with Crippen LogP contribution in [-0.4, -0.2) is 25.3 Å². The normalized spacial score (nSPS) is 17.7. The second kappa shape index (κ2) is 10.5. The standard InChI is InChI=1S/C29H26N2O6/c1-2-3-13-33-19-8-6-7-18(14-19)27-21-12-11-20(15-25(21)37-28(31)22(27)16-30)35-29(32)26-17-34-23-9-4-5-10-24(23)36-26/h4-12,14-15,26-27H,2-3,13,17,31H2,1H3. The Morgan fingerprint density at radius 3 is 2.70 bits per heavy atom. The third-order valence-corrected chi connectivity index (χ3v) is 6.14. The van der Waals surface area contributed by atoms with Gasteiger partial charge in [0, 0.05) is 11.6 Å². The summed E-state index contributed by atoms with van der Waals surface area (Å²) in [6.07, 6.45) is 1.07. The van der Waals surface area contributed by atoms with E-state index in [0.29, 0.717) is 29.4 Å². The maximum Gasteiger partial charge on any atom is 0.356 e. The van der Waals surface area contributed by atoms with E-state index in [9.17, 15) is 10.1 Å². The Morgan fingerprint density at radius 2 is 1.89 bits per heavy atom. The highest BCUT2D eigenvalue weighted by Gasteiger charge is 2.33. The molecule has 5 rings (SSSR count). The minimum absolute atomic E-state index is 0.00130. The number of benzene rings is 3. The molecule has 8 heteroatoms. The molecule has 0 fully saturated rings. The van der Waals surface area contributed by atoms with Crippen molar-refractivity contribution < 1.29 is 28.5 Å². The maximum absolute atomic E-state index is 12.8. The summed E-state index contributed by atoms with van der Waals surface area (Å²) in [6, 6.07) is 21.9. The maximum atomic E-state index is 12.8. The molecule has 2 N–H and O–H groups in total. The van der Waals surface area contributed by atoms with Crippen molar-refractivity contribution in [1.29, 1.82) is 5.26 Å². The number of para-hydroxylation sites is 2. The van der Waals surface area contributed by atoms with Gasteiger partial charge in [-0.25, -0.2) is 4.79 Å². The van der Waals surface area contributed by atoms with E-state index >= 15 is 0 Å². The Bertz CT molecular complexity index is 1390. The van der Waals surface area contributed by atoms with Gasteiger partial charge < -0.3 is 29.4 Å². The average Bonchev–Trinajstić information content (AvgIpc) is 2.92. The molecule has 0 spiro atoms. The van der Waals surface area contributed by atoms with Gasteiger partial charge >= 0.3 is 5.97 Å². The van der Waals surface area contributed by atoms with Crippen molar-refractivity contribution >= 4 is 5.97 Å². The SMILES string of the molecule is CCCCOc1cccc(C2C(C#N)=C(N)Oc3cc(OC(=O)C4COc5ccccc5O4)ccc32)c1. The zero-order valence-electron chi connectivity index (χ0n) is 20.3. The van der Waals surface area contributed by atoms with Crippen molar-refractivity contribution in [3.05, 3.63) is 89.3 Å². The highest BCUT2D eigenvalue weighted by atomic mass is 16.6. The van der Waals surface area contributed by atoms with E-state index in [4.69, 9.17) is 29.4 Å². The molecular weight excluding hydrogens is 472 g/mol. The van der Waals surface area contributed by atoms with Crippen molar-refractivity contribution in [3.63, 3.8) is 0 Å². The van der Waals surface area contributed by atoms with E-state index < -0.39 is 18.0 Å². The van der Waals surface area contributed by atoms with Gasteiger partial charge in [0.1, 0.15) is 35.5 Å². The van der Waals surface area contributed by atoms with Gasteiger partial charge in [-0.2, -0.15) is 5.26 Å². The first-order valence-electron chi connectivity index (χ1n) is 12.1. The van der Waals surface area contributed by atoms with Crippen LogP contribution in [0.2, 0.25) is 0 Å². The molecule has 8 nitrogen and oxygen atoms in total. The van der Waals surface area contributed by atoms with E-state index in [1.54, 1.807) is 36.4 Å². The molecule has 2 aliphatic rings. The van der Waals surface area contributed by atoms with Gasteiger partial charge in [0.15, 0.2) is 11.5 Å². The predicted molar refractivity (Wildman–Crippen MR) is 135 cm³/mol. The molecule has 188 valence electrons. The molecule has 2 atom stereocenters. The number of carbonyl (C=O) groups is 1. The smallest absolute Gasteiger partial charge is 0.356 e. The van der Waals surface area contributed by atoms with E-state index in [0.717, 1.165) is 29.7 Å². The van der Waals surface area contributed by atoms with Crippen LogP contribution in [0.5, 0.6) is 28.7 Å². The fourth-order valence-corrected chi connectivity index (χ4v) is 4.28. The summed E-state index contributed by atoms with van der Waals surface area (Å²) < 4.78 is 28.6. The molecule has 0 aromatic heterocycles. The van der Waals surface area contributed by atoms with Gasteiger partial charge in [0.2, 0.25) is 12.0 Å². The molecule has 2 unspecified atom stereocenters. The molecule has 0 aliphatic carbocycles. The van der Waals surface area contributed by atoms with E-state index in [1.165, 1.54) is 0 Å². The number of hydrogen-bond donors (Lipinski definition) is 1. The third kappa shape index (κ3) is 5.02. The van der Waals surface area contributed by atoms with Gasteiger partial charge in [-0.15, -0.1) is 0 Å². The molecular formula is C29H26N2O6. The van der Waals surface area contributed by atoms with Gasteiger partial charge in [-0.1, -0.05) is 43.7 Å². The number of allylic oxidation sites excluding steroid dienone is 1. The zero-order chi connectivity index (χ0) is 25.8. The predicted octanol–water partition coefficient (Wildman–Crippen LogP) is 4.83. The van der Waals surface area contributed by atoms with Crippen molar-refractivity contribution in [2.24, 2.45) is 5.73 Å². The third-order valence-electron chi connectivity index (χ3n) is 6.14. The lowest BCUT2D eigenvalue weighted by molar-refractivity contribution is -0.144. The number of nitrogens with two attached hydrogens (primary N) is 1. The van der Waals surface area contributed by atoms with Gasteiger partial charge in [-0.05, 0) is 42.3 Å². The number of carbonyl (C=O) groups excluding carboxylic acids is 1. The van der Waals surface area contributed by atoms with E-state index in [2.05, 4.69) is 13.0 Å². The summed E-state index contributed by atoms with van der Waals surface area (Å²) in [5.41, 5.74) is 8.01. The summed E-state index contributed by atoms with van der Waals surface area (Å²) in [7, 11) is 0. The zero-order valence-corrected chi connectivity index (χ0v) is 20.3. The van der Waals surface area contributed by atoms with Crippen LogP contribution in [0.4, 0.5) is 0 Å². The van der Waals surface area contributed by atoms with Crippen molar-refractivity contribution in [2.75, 3.05) is 13.2 Å². The largest absolute Gasteiger partial charge is 0.494 e. The molecule has 0 bridgehead atoms. The van der Waals surface area contributed by atoms with Crippen LogP contribution in [0.15, 0.2) is 78.2 Å². The van der Waals surface area contributed by atoms with Crippen LogP contribution < -0.4 is 29.4 Å². The second-order valence-corrected chi connectivity index (χ2v) is 8.68. The van der Waals surface area contributed by atoms with Gasteiger partial charge in [0.25, 0.3) is 0 Å². The molecule has 2 heterocycles. The number of hydrogen-bond acceptors (Lipinski definition) is 8. The number of rotatable bonds is 7. The summed E-state index contributed by atoms with van der Waals surface area (Å²) in [5.74, 6) is 1.38. The number of fused-ring (bicyclic) bond motifs is 2. The number of ether oxygens (including phenoxy) is 5. The molecule has 0 saturated heterocycles. The Hall–Kier alpha value is -4.64. The highest BCUT2D eigenvalue weighted by molar-refractivity contribution is 5.78. The number of unbranched alkanes of at least 4 members (excludes halogenated alkanes) is 1. The molecule has 2 aliphatic heterocycles. The van der Waals surface area contributed by atoms with Crippen molar-refractivity contribution in [2.45, 2.75) is 31.8 Å². The lowest BCUT2D eigenvalue weighted by Crippen LogP contribution is -2.39.